The molecule has 1 aromatic carbocycles. The van der Waals surface area contributed by atoms with Crippen molar-refractivity contribution in [3.05, 3.63) is 47.5 Å². The summed E-state index contributed by atoms with van der Waals surface area (Å²) in [4.78, 5) is 0. The maximum absolute atomic E-state index is 12.2. The highest BCUT2D eigenvalue weighted by atomic mass is 31.2. The Bertz CT molecular complexity index is 411. The minimum atomic E-state index is -2.13. The molecular weight excluding hydrogens is 205 g/mol. The van der Waals surface area contributed by atoms with Crippen molar-refractivity contribution < 1.29 is 4.57 Å². The van der Waals surface area contributed by atoms with Crippen molar-refractivity contribution in [3.8, 4) is 0 Å². The molecule has 1 atom stereocenters. The minimum Gasteiger partial charge on any atom is -0.306 e. The molecule has 0 bridgehead atoms. The maximum Gasteiger partial charge on any atom is 0.155 e. The van der Waals surface area contributed by atoms with Gasteiger partial charge in [0, 0.05) is 18.9 Å². The Kier molecular flexibility index (Phi) is 3.08. The Balaban J connectivity index is 1.92. The van der Waals surface area contributed by atoms with Gasteiger partial charge < -0.3 is 4.57 Å². The van der Waals surface area contributed by atoms with Crippen LogP contribution in [0.5, 0.6) is 0 Å². The van der Waals surface area contributed by atoms with E-state index in [0.717, 1.165) is 6.16 Å². The summed E-state index contributed by atoms with van der Waals surface area (Å²) in [6.07, 6.45) is 3.53. The summed E-state index contributed by atoms with van der Waals surface area (Å²) in [5, 5.41) is 3.21. The van der Waals surface area contributed by atoms with Crippen LogP contribution in [0.1, 0.15) is 12.5 Å². The Labute approximate surface area is 90.8 Å². The van der Waals surface area contributed by atoms with Crippen LogP contribution in [-0.2, 0) is 11.1 Å². The molecule has 0 amide bonds. The molecule has 0 radical (unpaired) electrons. The molecular formula is C12H16NOP. The highest BCUT2D eigenvalue weighted by Crippen LogP contribution is 2.47. The van der Waals surface area contributed by atoms with Gasteiger partial charge in [-0.15, -0.1) is 0 Å². The maximum atomic E-state index is 12.2. The second-order valence-corrected chi connectivity index (χ2v) is 6.88. The summed E-state index contributed by atoms with van der Waals surface area (Å²) in [7, 11) is -2.13. The monoisotopic (exact) mass is 221 g/mol. The molecule has 2 rings (SSSR count). The lowest BCUT2D eigenvalue weighted by Gasteiger charge is -2.13. The van der Waals surface area contributed by atoms with E-state index in [2.05, 4.69) is 23.3 Å². The Morgan fingerprint density at radius 3 is 2.67 bits per heavy atom. The molecule has 0 aromatic heterocycles. The van der Waals surface area contributed by atoms with Crippen molar-refractivity contribution in [2.24, 2.45) is 0 Å². The first-order valence-corrected chi connectivity index (χ1v) is 7.28. The molecule has 1 aliphatic heterocycles. The van der Waals surface area contributed by atoms with E-state index in [-0.39, 0.29) is 0 Å². The van der Waals surface area contributed by atoms with Gasteiger partial charge in [-0.3, -0.25) is 5.09 Å². The quantitative estimate of drug-likeness (QED) is 0.628. The van der Waals surface area contributed by atoms with Gasteiger partial charge in [0.05, 0.1) is 0 Å². The zero-order valence-electron chi connectivity index (χ0n) is 8.94. The number of benzene rings is 1. The SMILES string of the molecule is CC1=CC[P@](=O)(NCc2ccccc2)C1. The minimum absolute atomic E-state index is 0.708. The molecule has 0 saturated heterocycles. The molecule has 1 N–H and O–H groups in total. The Morgan fingerprint density at radius 1 is 1.33 bits per heavy atom. The third-order valence-corrected chi connectivity index (χ3v) is 5.17. The van der Waals surface area contributed by atoms with E-state index in [1.807, 2.05) is 25.1 Å². The van der Waals surface area contributed by atoms with Crippen molar-refractivity contribution in [1.29, 1.82) is 0 Å². The van der Waals surface area contributed by atoms with E-state index >= 15 is 0 Å². The molecule has 0 unspecified atom stereocenters. The second-order valence-electron chi connectivity index (χ2n) is 4.10. The van der Waals surface area contributed by atoms with E-state index < -0.39 is 7.29 Å². The largest absolute Gasteiger partial charge is 0.306 e. The molecule has 2 nitrogen and oxygen atoms in total. The fourth-order valence-electron chi connectivity index (χ4n) is 1.79. The lowest BCUT2D eigenvalue weighted by molar-refractivity contribution is 0.569. The summed E-state index contributed by atoms with van der Waals surface area (Å²) in [6.45, 7) is 2.75. The number of hydrogen-bond acceptors (Lipinski definition) is 1. The van der Waals surface area contributed by atoms with E-state index in [1.54, 1.807) is 0 Å². The third-order valence-electron chi connectivity index (χ3n) is 2.65. The average Bonchev–Trinajstić information content (AvgIpc) is 2.58. The van der Waals surface area contributed by atoms with Gasteiger partial charge in [-0.25, -0.2) is 0 Å². The molecule has 0 fully saturated rings. The van der Waals surface area contributed by atoms with Crippen LogP contribution in [0.2, 0.25) is 0 Å². The van der Waals surface area contributed by atoms with Crippen LogP contribution in [0.15, 0.2) is 42.0 Å². The molecule has 80 valence electrons. The topological polar surface area (TPSA) is 29.1 Å². The van der Waals surface area contributed by atoms with Crippen molar-refractivity contribution in [2.45, 2.75) is 13.5 Å². The molecule has 0 saturated carbocycles. The van der Waals surface area contributed by atoms with Gasteiger partial charge in [0.25, 0.3) is 0 Å². The van der Waals surface area contributed by atoms with Gasteiger partial charge in [-0.05, 0) is 12.5 Å². The zero-order chi connectivity index (χ0) is 10.7. The zero-order valence-corrected chi connectivity index (χ0v) is 9.84. The summed E-state index contributed by atoms with van der Waals surface area (Å²) >= 11 is 0. The molecule has 1 aliphatic rings. The summed E-state index contributed by atoms with van der Waals surface area (Å²) < 4.78 is 12.2. The van der Waals surface area contributed by atoms with Crippen molar-refractivity contribution in [1.82, 2.24) is 5.09 Å². The first-order chi connectivity index (χ1) is 7.18. The van der Waals surface area contributed by atoms with Gasteiger partial charge in [-0.2, -0.15) is 0 Å². The standard InChI is InChI=1S/C12H16NOP/c1-11-7-8-15(14,10-11)13-9-12-5-3-2-4-6-12/h2-7H,8-10H2,1H3,(H,13,14)/t15-/m1/s1. The van der Waals surface area contributed by atoms with Crippen LogP contribution in [0.25, 0.3) is 0 Å². The number of hydrogen-bond donors (Lipinski definition) is 1. The summed E-state index contributed by atoms with van der Waals surface area (Å²) in [6, 6.07) is 10.1. The number of nitrogens with one attached hydrogen (secondary N) is 1. The van der Waals surface area contributed by atoms with Gasteiger partial charge in [0.2, 0.25) is 0 Å². The van der Waals surface area contributed by atoms with E-state index in [4.69, 9.17) is 0 Å². The van der Waals surface area contributed by atoms with Crippen LogP contribution in [0.4, 0.5) is 0 Å². The van der Waals surface area contributed by atoms with Crippen LogP contribution < -0.4 is 5.09 Å². The van der Waals surface area contributed by atoms with E-state index in [1.165, 1.54) is 11.1 Å². The van der Waals surface area contributed by atoms with E-state index in [0.29, 0.717) is 12.7 Å². The molecule has 3 heteroatoms. The normalized spacial score (nSPS) is 25.3. The van der Waals surface area contributed by atoms with Crippen LogP contribution >= 0.6 is 7.29 Å². The Morgan fingerprint density at radius 2 is 2.07 bits per heavy atom. The first-order valence-electron chi connectivity index (χ1n) is 5.21. The predicted octanol–water partition coefficient (Wildman–Crippen LogP) is 3.01. The van der Waals surface area contributed by atoms with Crippen LogP contribution in [0, 0.1) is 0 Å². The lowest BCUT2D eigenvalue weighted by atomic mass is 10.2. The van der Waals surface area contributed by atoms with Crippen LogP contribution in [0.3, 0.4) is 0 Å². The van der Waals surface area contributed by atoms with Gasteiger partial charge in [0.15, 0.2) is 7.29 Å². The number of rotatable bonds is 3. The van der Waals surface area contributed by atoms with E-state index in [9.17, 15) is 4.57 Å². The smallest absolute Gasteiger partial charge is 0.155 e. The lowest BCUT2D eigenvalue weighted by Crippen LogP contribution is -2.11. The van der Waals surface area contributed by atoms with Gasteiger partial charge in [-0.1, -0.05) is 42.0 Å². The fraction of sp³-hybridized carbons (Fsp3) is 0.333. The van der Waals surface area contributed by atoms with Crippen molar-refractivity contribution in [2.75, 3.05) is 12.3 Å². The average molecular weight is 221 g/mol. The second kappa shape index (κ2) is 4.34. The fourth-order valence-corrected chi connectivity index (χ4v) is 4.17. The first kappa shape index (κ1) is 10.7. The molecule has 0 aliphatic carbocycles. The predicted molar refractivity (Wildman–Crippen MR) is 64.4 cm³/mol. The molecule has 1 aromatic rings. The van der Waals surface area contributed by atoms with Gasteiger partial charge in [0.1, 0.15) is 0 Å². The molecule has 1 heterocycles. The highest BCUT2D eigenvalue weighted by molar-refractivity contribution is 7.62. The van der Waals surface area contributed by atoms with Crippen molar-refractivity contribution >= 4 is 7.29 Å². The molecule has 15 heavy (non-hydrogen) atoms. The summed E-state index contributed by atoms with van der Waals surface area (Å²) in [5.74, 6) is 0. The van der Waals surface area contributed by atoms with Gasteiger partial charge >= 0.3 is 0 Å². The number of allylic oxidation sites excluding steroid dienone is 2. The van der Waals surface area contributed by atoms with Crippen LogP contribution in [-0.4, -0.2) is 12.3 Å². The molecule has 0 spiro atoms. The van der Waals surface area contributed by atoms with Crippen molar-refractivity contribution in [3.63, 3.8) is 0 Å². The highest BCUT2D eigenvalue weighted by Gasteiger charge is 2.25. The Hall–Kier alpha value is -0.850. The summed E-state index contributed by atoms with van der Waals surface area (Å²) in [5.41, 5.74) is 2.44. The third kappa shape index (κ3) is 2.80.